The predicted molar refractivity (Wildman–Crippen MR) is 104 cm³/mol. The lowest BCUT2D eigenvalue weighted by atomic mass is 10.0. The Morgan fingerprint density at radius 2 is 1.96 bits per heavy atom. The summed E-state index contributed by atoms with van der Waals surface area (Å²) in [6.45, 7) is 10.6. The summed E-state index contributed by atoms with van der Waals surface area (Å²) in [4.78, 5) is 22.0. The summed E-state index contributed by atoms with van der Waals surface area (Å²) in [6.07, 6.45) is 5.20. The summed E-state index contributed by atoms with van der Waals surface area (Å²) in [5.41, 5.74) is 0.694. The number of amides is 1. The molecular weight excluding hydrogens is 328 g/mol. The molecule has 2 aliphatic rings. The van der Waals surface area contributed by atoms with Crippen LogP contribution < -0.4 is 10.2 Å². The molecule has 6 nitrogen and oxygen atoms in total. The van der Waals surface area contributed by atoms with Crippen molar-refractivity contribution in [2.24, 2.45) is 5.92 Å². The van der Waals surface area contributed by atoms with Gasteiger partial charge in [-0.2, -0.15) is 0 Å². The maximum Gasteiger partial charge on any atom is 0.255 e. The Morgan fingerprint density at radius 3 is 2.65 bits per heavy atom. The van der Waals surface area contributed by atoms with Gasteiger partial charge < -0.3 is 15.0 Å². The highest BCUT2D eigenvalue weighted by atomic mass is 16.5. The number of hydrogen-bond acceptors (Lipinski definition) is 5. The molecule has 0 aromatic carbocycles. The van der Waals surface area contributed by atoms with Crippen molar-refractivity contribution in [2.45, 2.75) is 39.2 Å². The molecule has 0 bridgehead atoms. The Hall–Kier alpha value is -1.66. The Bertz CT molecular complexity index is 581. The van der Waals surface area contributed by atoms with Crippen molar-refractivity contribution < 1.29 is 9.53 Å². The number of ether oxygens (including phenoxy) is 1. The number of morpholine rings is 1. The van der Waals surface area contributed by atoms with E-state index in [2.05, 4.69) is 33.9 Å². The highest BCUT2D eigenvalue weighted by Crippen LogP contribution is 2.22. The second-order valence-electron chi connectivity index (χ2n) is 7.71. The van der Waals surface area contributed by atoms with Crippen LogP contribution >= 0.6 is 0 Å². The van der Waals surface area contributed by atoms with Crippen LogP contribution in [0, 0.1) is 5.92 Å². The zero-order chi connectivity index (χ0) is 18.4. The van der Waals surface area contributed by atoms with Crippen LogP contribution in [0.1, 0.15) is 43.5 Å². The van der Waals surface area contributed by atoms with E-state index >= 15 is 0 Å². The molecule has 0 saturated carbocycles. The molecule has 0 spiro atoms. The maximum absolute atomic E-state index is 12.9. The van der Waals surface area contributed by atoms with Gasteiger partial charge in [-0.05, 0) is 37.3 Å². The third-order valence-electron chi connectivity index (χ3n) is 5.24. The lowest BCUT2D eigenvalue weighted by Gasteiger charge is -2.35. The number of hydrogen-bond donors (Lipinski definition) is 1. The van der Waals surface area contributed by atoms with Crippen LogP contribution in [0.25, 0.3) is 0 Å². The van der Waals surface area contributed by atoms with Crippen LogP contribution in [0.3, 0.4) is 0 Å². The molecule has 26 heavy (non-hydrogen) atoms. The molecule has 2 fully saturated rings. The van der Waals surface area contributed by atoms with Crippen LogP contribution in [-0.4, -0.2) is 67.8 Å². The van der Waals surface area contributed by atoms with E-state index in [4.69, 9.17) is 4.74 Å². The highest BCUT2D eigenvalue weighted by Gasteiger charge is 2.24. The van der Waals surface area contributed by atoms with Crippen LogP contribution in [-0.2, 0) is 4.74 Å². The second-order valence-corrected chi connectivity index (χ2v) is 7.71. The molecular formula is C20H32N4O2. The van der Waals surface area contributed by atoms with Gasteiger partial charge in [-0.15, -0.1) is 0 Å². The predicted octanol–water partition coefficient (Wildman–Crippen LogP) is 2.16. The maximum atomic E-state index is 12.9. The molecule has 1 aromatic heterocycles. The van der Waals surface area contributed by atoms with Gasteiger partial charge in [0, 0.05) is 45.0 Å². The lowest BCUT2D eigenvalue weighted by Crippen LogP contribution is -2.49. The molecule has 2 saturated heterocycles. The molecule has 1 amide bonds. The number of aromatic nitrogens is 1. The van der Waals surface area contributed by atoms with Gasteiger partial charge in [-0.3, -0.25) is 9.69 Å². The van der Waals surface area contributed by atoms with Gasteiger partial charge >= 0.3 is 0 Å². The minimum atomic E-state index is -0.0120. The number of anilines is 1. The quantitative estimate of drug-likeness (QED) is 0.807. The average Bonchev–Trinajstić information content (AvgIpc) is 3.20. The highest BCUT2D eigenvalue weighted by molar-refractivity contribution is 5.98. The number of nitrogens with zero attached hydrogens (tertiary/aromatic N) is 3. The van der Waals surface area contributed by atoms with E-state index in [9.17, 15) is 4.79 Å². The minimum Gasteiger partial charge on any atom is -0.379 e. The molecule has 1 aromatic rings. The van der Waals surface area contributed by atoms with Crippen molar-refractivity contribution in [3.05, 3.63) is 23.9 Å². The van der Waals surface area contributed by atoms with E-state index in [1.807, 2.05) is 12.1 Å². The van der Waals surface area contributed by atoms with Gasteiger partial charge in [-0.1, -0.05) is 13.8 Å². The van der Waals surface area contributed by atoms with E-state index in [0.717, 1.165) is 51.6 Å². The standard InChI is InChI=1S/C20H32N4O2/c1-16(2)14-17(23-10-12-26-13-11-23)15-22-20(25)18-6-5-7-21-19(18)24-8-3-4-9-24/h5-7,16-17H,3-4,8-15H2,1-2H3,(H,22,25). The van der Waals surface area contributed by atoms with Crippen LogP contribution in [0.4, 0.5) is 5.82 Å². The summed E-state index contributed by atoms with van der Waals surface area (Å²) in [7, 11) is 0. The fourth-order valence-electron chi connectivity index (χ4n) is 3.91. The zero-order valence-corrected chi connectivity index (χ0v) is 16.1. The monoisotopic (exact) mass is 360 g/mol. The number of nitrogens with one attached hydrogen (secondary N) is 1. The summed E-state index contributed by atoms with van der Waals surface area (Å²) >= 11 is 0. The van der Waals surface area contributed by atoms with Gasteiger partial charge in [-0.25, -0.2) is 4.98 Å². The first kappa shape index (κ1) is 19.1. The fraction of sp³-hybridized carbons (Fsp3) is 0.700. The van der Waals surface area contributed by atoms with Gasteiger partial charge in [0.1, 0.15) is 5.82 Å². The lowest BCUT2D eigenvalue weighted by molar-refractivity contribution is 0.0124. The van der Waals surface area contributed by atoms with E-state index in [1.54, 1.807) is 6.20 Å². The number of rotatable bonds is 7. The fourth-order valence-corrected chi connectivity index (χ4v) is 3.91. The molecule has 6 heteroatoms. The van der Waals surface area contributed by atoms with Gasteiger partial charge in [0.05, 0.1) is 18.8 Å². The average molecular weight is 361 g/mol. The summed E-state index contributed by atoms with van der Waals surface area (Å²) < 4.78 is 5.48. The Morgan fingerprint density at radius 1 is 1.23 bits per heavy atom. The molecule has 2 aliphatic heterocycles. The minimum absolute atomic E-state index is 0.0120. The van der Waals surface area contributed by atoms with Gasteiger partial charge in [0.25, 0.3) is 5.91 Å². The molecule has 1 atom stereocenters. The van der Waals surface area contributed by atoms with Crippen LogP contribution in [0.15, 0.2) is 18.3 Å². The Labute approximate surface area is 156 Å². The van der Waals surface area contributed by atoms with Crippen molar-refractivity contribution in [2.75, 3.05) is 50.8 Å². The van der Waals surface area contributed by atoms with Crippen molar-refractivity contribution in [1.29, 1.82) is 0 Å². The van der Waals surface area contributed by atoms with E-state index in [1.165, 1.54) is 12.8 Å². The van der Waals surface area contributed by atoms with E-state index < -0.39 is 0 Å². The third-order valence-corrected chi connectivity index (χ3v) is 5.24. The molecule has 144 valence electrons. The summed E-state index contributed by atoms with van der Waals surface area (Å²) in [5, 5.41) is 3.18. The summed E-state index contributed by atoms with van der Waals surface area (Å²) in [5.74, 6) is 1.41. The van der Waals surface area contributed by atoms with Crippen molar-refractivity contribution in [1.82, 2.24) is 15.2 Å². The van der Waals surface area contributed by atoms with Crippen molar-refractivity contribution in [3.63, 3.8) is 0 Å². The second kappa shape index (κ2) is 9.33. The molecule has 1 N–H and O–H groups in total. The molecule has 1 unspecified atom stereocenters. The largest absolute Gasteiger partial charge is 0.379 e. The molecule has 0 radical (unpaired) electrons. The van der Waals surface area contributed by atoms with Crippen LogP contribution in [0.2, 0.25) is 0 Å². The van der Waals surface area contributed by atoms with Crippen molar-refractivity contribution >= 4 is 11.7 Å². The first-order valence-electron chi connectivity index (χ1n) is 9.95. The molecule has 0 aliphatic carbocycles. The Kier molecular flexibility index (Phi) is 6.86. The number of carbonyl (C=O) groups is 1. The van der Waals surface area contributed by atoms with Crippen molar-refractivity contribution in [3.8, 4) is 0 Å². The van der Waals surface area contributed by atoms with E-state index in [-0.39, 0.29) is 5.91 Å². The topological polar surface area (TPSA) is 57.7 Å². The summed E-state index contributed by atoms with van der Waals surface area (Å²) in [6, 6.07) is 4.10. The normalized spacial score (nSPS) is 19.7. The molecule has 3 rings (SSSR count). The molecule has 3 heterocycles. The first-order valence-corrected chi connectivity index (χ1v) is 9.95. The van der Waals surface area contributed by atoms with E-state index in [0.29, 0.717) is 24.1 Å². The van der Waals surface area contributed by atoms with Crippen LogP contribution in [0.5, 0.6) is 0 Å². The first-order chi connectivity index (χ1) is 12.6. The number of pyridine rings is 1. The van der Waals surface area contributed by atoms with Gasteiger partial charge in [0.15, 0.2) is 0 Å². The number of carbonyl (C=O) groups excluding carboxylic acids is 1. The zero-order valence-electron chi connectivity index (χ0n) is 16.1. The third kappa shape index (κ3) is 4.95. The Balaban J connectivity index is 1.64. The smallest absolute Gasteiger partial charge is 0.255 e. The van der Waals surface area contributed by atoms with Gasteiger partial charge in [0.2, 0.25) is 0 Å². The SMILES string of the molecule is CC(C)CC(CNC(=O)c1cccnc1N1CCCC1)N1CCOCC1.